The summed E-state index contributed by atoms with van der Waals surface area (Å²) in [6.45, 7) is 16.3. The zero-order chi connectivity index (χ0) is 20.4. The lowest BCUT2D eigenvalue weighted by atomic mass is 10.0. The quantitative estimate of drug-likeness (QED) is 0.549. The molecular weight excluding hydrogens is 366 g/mol. The zero-order valence-corrected chi connectivity index (χ0v) is 18.7. The van der Waals surface area contributed by atoms with Gasteiger partial charge in [-0.25, -0.2) is 4.98 Å². The molecule has 0 aliphatic rings. The van der Waals surface area contributed by atoms with Crippen LogP contribution in [0.15, 0.2) is 29.1 Å². The minimum Gasteiger partial charge on any atom is -0.302 e. The maximum absolute atomic E-state index is 13.6. The van der Waals surface area contributed by atoms with Crippen LogP contribution in [0.4, 0.5) is 0 Å². The van der Waals surface area contributed by atoms with Gasteiger partial charge in [0.05, 0.1) is 5.39 Å². The fourth-order valence-corrected chi connectivity index (χ4v) is 4.76. The first-order valence-corrected chi connectivity index (χ1v) is 11.0. The number of thiophene rings is 1. The Morgan fingerprint density at radius 3 is 2.32 bits per heavy atom. The molecule has 150 valence electrons. The SMILES string of the molecule is CCN(CC)CCn1c(C(C)C)nc2sc(C)c(-c3ccc(C)cc3)c2c1=O. The Bertz CT molecular complexity index is 1010. The van der Waals surface area contributed by atoms with Crippen LogP contribution in [0.2, 0.25) is 0 Å². The van der Waals surface area contributed by atoms with E-state index in [4.69, 9.17) is 4.98 Å². The first-order chi connectivity index (χ1) is 13.4. The lowest BCUT2D eigenvalue weighted by Crippen LogP contribution is -2.33. The molecule has 3 rings (SSSR count). The van der Waals surface area contributed by atoms with Crippen LogP contribution in [0.3, 0.4) is 0 Å². The lowest BCUT2D eigenvalue weighted by molar-refractivity contribution is 0.286. The molecule has 0 saturated heterocycles. The summed E-state index contributed by atoms with van der Waals surface area (Å²) >= 11 is 1.63. The van der Waals surface area contributed by atoms with E-state index in [-0.39, 0.29) is 11.5 Å². The van der Waals surface area contributed by atoms with Crippen LogP contribution in [0.1, 0.15) is 49.9 Å². The standard InChI is InChI=1S/C23H31N3OS/c1-7-25(8-2)13-14-26-21(15(3)4)24-22-20(23(26)27)19(17(6)28-22)18-11-9-16(5)10-12-18/h9-12,15H,7-8,13-14H2,1-6H3. The number of nitrogens with zero attached hydrogens (tertiary/aromatic N) is 3. The van der Waals surface area contributed by atoms with E-state index in [9.17, 15) is 4.79 Å². The second-order valence-corrected chi connectivity index (χ2v) is 8.89. The van der Waals surface area contributed by atoms with Gasteiger partial charge in [0.1, 0.15) is 10.7 Å². The molecule has 0 N–H and O–H groups in total. The highest BCUT2D eigenvalue weighted by Crippen LogP contribution is 2.36. The summed E-state index contributed by atoms with van der Waals surface area (Å²) < 4.78 is 1.91. The molecule has 0 amide bonds. The number of hydrogen-bond acceptors (Lipinski definition) is 4. The maximum atomic E-state index is 13.6. The number of aryl methyl sites for hydroxylation is 2. The second-order valence-electron chi connectivity index (χ2n) is 7.69. The smallest absolute Gasteiger partial charge is 0.262 e. The highest BCUT2D eigenvalue weighted by atomic mass is 32.1. The summed E-state index contributed by atoms with van der Waals surface area (Å²) in [4.78, 5) is 22.9. The lowest BCUT2D eigenvalue weighted by Gasteiger charge is -2.21. The van der Waals surface area contributed by atoms with Gasteiger partial charge >= 0.3 is 0 Å². The van der Waals surface area contributed by atoms with Crippen molar-refractivity contribution in [2.24, 2.45) is 0 Å². The van der Waals surface area contributed by atoms with Gasteiger partial charge in [-0.2, -0.15) is 0 Å². The van der Waals surface area contributed by atoms with Crippen LogP contribution in [-0.2, 0) is 6.54 Å². The maximum Gasteiger partial charge on any atom is 0.262 e. The summed E-state index contributed by atoms with van der Waals surface area (Å²) in [6, 6.07) is 8.43. The monoisotopic (exact) mass is 397 g/mol. The molecule has 3 aromatic rings. The van der Waals surface area contributed by atoms with E-state index in [1.54, 1.807) is 11.3 Å². The Balaban J connectivity index is 2.20. The average molecular weight is 398 g/mol. The highest BCUT2D eigenvalue weighted by Gasteiger charge is 2.21. The minimum atomic E-state index is 0.0979. The summed E-state index contributed by atoms with van der Waals surface area (Å²) in [5.74, 6) is 1.10. The summed E-state index contributed by atoms with van der Waals surface area (Å²) in [5.41, 5.74) is 3.46. The average Bonchev–Trinajstić information content (AvgIpc) is 3.00. The molecule has 2 heterocycles. The van der Waals surface area contributed by atoms with Gasteiger partial charge in [0.2, 0.25) is 0 Å². The summed E-state index contributed by atoms with van der Waals surface area (Å²) in [6.07, 6.45) is 0. The molecule has 0 aliphatic carbocycles. The molecule has 0 spiro atoms. The number of fused-ring (bicyclic) bond motifs is 1. The number of likely N-dealkylation sites (N-methyl/N-ethyl adjacent to an activating group) is 1. The molecule has 0 unspecified atom stereocenters. The number of hydrogen-bond donors (Lipinski definition) is 0. The van der Waals surface area contributed by atoms with Crippen molar-refractivity contribution in [3.05, 3.63) is 50.9 Å². The Labute approximate surface area is 171 Å². The normalized spacial score (nSPS) is 11.9. The van der Waals surface area contributed by atoms with Gasteiger partial charge in [0.15, 0.2) is 0 Å². The van der Waals surface area contributed by atoms with Crippen molar-refractivity contribution in [1.29, 1.82) is 0 Å². The number of rotatable bonds is 7. The van der Waals surface area contributed by atoms with Crippen molar-refractivity contribution in [3.8, 4) is 11.1 Å². The topological polar surface area (TPSA) is 38.1 Å². The van der Waals surface area contributed by atoms with E-state index in [2.05, 4.69) is 70.7 Å². The Kier molecular flexibility index (Phi) is 6.36. The summed E-state index contributed by atoms with van der Waals surface area (Å²) in [7, 11) is 0. The van der Waals surface area contributed by atoms with Gasteiger partial charge in [0, 0.05) is 29.4 Å². The highest BCUT2D eigenvalue weighted by molar-refractivity contribution is 7.19. The Morgan fingerprint density at radius 1 is 1.11 bits per heavy atom. The summed E-state index contributed by atoms with van der Waals surface area (Å²) in [5, 5.41) is 0.773. The van der Waals surface area contributed by atoms with Crippen LogP contribution in [-0.4, -0.2) is 34.1 Å². The van der Waals surface area contributed by atoms with E-state index in [1.165, 1.54) is 5.56 Å². The van der Waals surface area contributed by atoms with Crippen LogP contribution < -0.4 is 5.56 Å². The number of aromatic nitrogens is 2. The molecule has 5 heteroatoms. The fraction of sp³-hybridized carbons (Fsp3) is 0.478. The first kappa shape index (κ1) is 20.7. The van der Waals surface area contributed by atoms with E-state index in [0.717, 1.165) is 51.7 Å². The third-order valence-corrected chi connectivity index (χ3v) is 6.41. The van der Waals surface area contributed by atoms with E-state index in [0.29, 0.717) is 6.54 Å². The number of benzene rings is 1. The van der Waals surface area contributed by atoms with Gasteiger partial charge in [-0.05, 0) is 32.5 Å². The van der Waals surface area contributed by atoms with E-state index < -0.39 is 0 Å². The molecule has 1 aromatic carbocycles. The molecule has 4 nitrogen and oxygen atoms in total. The largest absolute Gasteiger partial charge is 0.302 e. The Hall–Kier alpha value is -1.98. The van der Waals surface area contributed by atoms with Gasteiger partial charge in [-0.1, -0.05) is 57.5 Å². The molecule has 0 saturated carbocycles. The molecule has 0 aliphatic heterocycles. The first-order valence-electron chi connectivity index (χ1n) is 10.2. The van der Waals surface area contributed by atoms with E-state index >= 15 is 0 Å². The molecule has 0 radical (unpaired) electrons. The van der Waals surface area contributed by atoms with Crippen LogP contribution in [0.5, 0.6) is 0 Å². The molecular formula is C23H31N3OS. The van der Waals surface area contributed by atoms with Crippen molar-refractivity contribution in [3.63, 3.8) is 0 Å². The molecule has 0 fully saturated rings. The van der Waals surface area contributed by atoms with E-state index in [1.807, 2.05) is 4.57 Å². The van der Waals surface area contributed by atoms with Crippen molar-refractivity contribution in [2.45, 2.75) is 54.0 Å². The van der Waals surface area contributed by atoms with Crippen molar-refractivity contribution in [2.75, 3.05) is 19.6 Å². The molecule has 2 aromatic heterocycles. The third-order valence-electron chi connectivity index (χ3n) is 5.41. The van der Waals surface area contributed by atoms with Crippen molar-refractivity contribution < 1.29 is 0 Å². The van der Waals surface area contributed by atoms with Gasteiger partial charge < -0.3 is 4.90 Å². The van der Waals surface area contributed by atoms with Crippen LogP contribution >= 0.6 is 11.3 Å². The third kappa shape index (κ3) is 3.91. The zero-order valence-electron chi connectivity index (χ0n) is 17.9. The van der Waals surface area contributed by atoms with Crippen LogP contribution in [0, 0.1) is 13.8 Å². The molecule has 0 bridgehead atoms. The fourth-order valence-electron chi connectivity index (χ4n) is 3.72. The van der Waals surface area contributed by atoms with Crippen molar-refractivity contribution >= 4 is 21.6 Å². The minimum absolute atomic E-state index is 0.0979. The predicted octanol–water partition coefficient (Wildman–Crippen LogP) is 5.21. The van der Waals surface area contributed by atoms with Gasteiger partial charge in [-0.3, -0.25) is 9.36 Å². The predicted molar refractivity (Wildman–Crippen MR) is 121 cm³/mol. The molecule has 28 heavy (non-hydrogen) atoms. The second kappa shape index (κ2) is 8.58. The van der Waals surface area contributed by atoms with Crippen molar-refractivity contribution in [1.82, 2.24) is 14.5 Å². The molecule has 0 atom stereocenters. The van der Waals surface area contributed by atoms with Gasteiger partial charge in [0.25, 0.3) is 5.56 Å². The van der Waals surface area contributed by atoms with Crippen LogP contribution in [0.25, 0.3) is 21.3 Å². The van der Waals surface area contributed by atoms with Gasteiger partial charge in [-0.15, -0.1) is 11.3 Å². The Morgan fingerprint density at radius 2 is 1.75 bits per heavy atom.